The molecule has 6 nitrogen and oxygen atoms in total. The number of fused-ring (bicyclic) bond motifs is 2. The predicted molar refractivity (Wildman–Crippen MR) is 100.0 cm³/mol. The molecular formula is C20H18ClN3O3. The summed E-state index contributed by atoms with van der Waals surface area (Å²) in [6.45, 7) is 2.63. The molecule has 1 fully saturated rings. The lowest BCUT2D eigenvalue weighted by Gasteiger charge is -2.31. The van der Waals surface area contributed by atoms with Crippen LogP contribution in [0.4, 0.5) is 0 Å². The zero-order valence-electron chi connectivity index (χ0n) is 14.9. The lowest BCUT2D eigenvalue weighted by atomic mass is 9.93. The summed E-state index contributed by atoms with van der Waals surface area (Å²) in [6.07, 6.45) is 2.22. The van der Waals surface area contributed by atoms with Crippen molar-refractivity contribution in [2.45, 2.75) is 38.1 Å². The molecule has 1 aromatic carbocycles. The summed E-state index contributed by atoms with van der Waals surface area (Å²) in [6, 6.07) is 9.25. The second-order valence-electron chi connectivity index (χ2n) is 7.41. The van der Waals surface area contributed by atoms with Crippen LogP contribution in [0.1, 0.15) is 35.4 Å². The largest absolute Gasteiger partial charge is 0.375 e. The van der Waals surface area contributed by atoms with Gasteiger partial charge in [-0.15, -0.1) is 4.57 Å². The van der Waals surface area contributed by atoms with Gasteiger partial charge in [0, 0.05) is 24.1 Å². The Labute approximate surface area is 160 Å². The Hall–Kier alpha value is -2.60. The van der Waals surface area contributed by atoms with E-state index in [1.807, 2.05) is 24.3 Å². The number of benzene rings is 1. The predicted octanol–water partition coefficient (Wildman–Crippen LogP) is 2.87. The monoisotopic (exact) mass is 383 g/mol. The summed E-state index contributed by atoms with van der Waals surface area (Å²) in [5.74, 6) is 0.713. The van der Waals surface area contributed by atoms with E-state index in [1.165, 1.54) is 4.57 Å². The van der Waals surface area contributed by atoms with E-state index < -0.39 is 5.41 Å². The number of nitrogens with zero attached hydrogens (tertiary/aromatic N) is 3. The first kappa shape index (κ1) is 16.6. The Morgan fingerprint density at radius 1 is 1.26 bits per heavy atom. The highest BCUT2D eigenvalue weighted by molar-refractivity contribution is 6.30. The number of amides is 1. The van der Waals surface area contributed by atoms with Crippen molar-refractivity contribution >= 4 is 23.2 Å². The van der Waals surface area contributed by atoms with Crippen molar-refractivity contribution in [1.29, 1.82) is 0 Å². The molecular weight excluding hydrogens is 366 g/mol. The van der Waals surface area contributed by atoms with Gasteiger partial charge in [-0.1, -0.05) is 23.7 Å². The lowest BCUT2D eigenvalue weighted by molar-refractivity contribution is -0.135. The van der Waals surface area contributed by atoms with Gasteiger partial charge in [0.05, 0.1) is 23.2 Å². The van der Waals surface area contributed by atoms with Gasteiger partial charge >= 0.3 is 0 Å². The molecule has 2 aliphatic rings. The maximum Gasteiger partial charge on any atom is 0.292 e. The zero-order valence-corrected chi connectivity index (χ0v) is 15.6. The van der Waals surface area contributed by atoms with Crippen molar-refractivity contribution in [1.82, 2.24) is 14.5 Å². The smallest absolute Gasteiger partial charge is 0.292 e. The molecule has 27 heavy (non-hydrogen) atoms. The van der Waals surface area contributed by atoms with E-state index in [-0.39, 0.29) is 18.0 Å². The molecule has 2 aromatic heterocycles. The van der Waals surface area contributed by atoms with Crippen LogP contribution in [-0.2, 0) is 23.2 Å². The molecule has 0 unspecified atom stereocenters. The van der Waals surface area contributed by atoms with Gasteiger partial charge in [-0.25, -0.2) is 4.98 Å². The molecule has 1 aliphatic carbocycles. The number of halogens is 1. The average Bonchev–Trinajstić information content (AvgIpc) is 3.38. The van der Waals surface area contributed by atoms with Gasteiger partial charge in [-0.3, -0.25) is 9.59 Å². The topological polar surface area (TPSA) is 67.8 Å². The quantitative estimate of drug-likeness (QED) is 0.682. The van der Waals surface area contributed by atoms with Gasteiger partial charge in [-0.2, -0.15) is 0 Å². The number of carbonyl (C=O) groups is 1. The molecule has 0 bridgehead atoms. The molecule has 0 atom stereocenters. The van der Waals surface area contributed by atoms with Crippen LogP contribution in [0.3, 0.4) is 0 Å². The van der Waals surface area contributed by atoms with Crippen LogP contribution in [0.2, 0.25) is 5.02 Å². The summed E-state index contributed by atoms with van der Waals surface area (Å²) >= 11 is 5.99. The van der Waals surface area contributed by atoms with Crippen molar-refractivity contribution in [3.05, 3.63) is 68.3 Å². The average molecular weight is 384 g/mol. The van der Waals surface area contributed by atoms with Crippen molar-refractivity contribution in [3.63, 3.8) is 0 Å². The number of aryl methyl sites for hydroxylation is 1. The second kappa shape index (κ2) is 5.70. The van der Waals surface area contributed by atoms with Crippen LogP contribution in [-0.4, -0.2) is 26.9 Å². The summed E-state index contributed by atoms with van der Waals surface area (Å²) in [4.78, 5) is 32.4. The fourth-order valence-corrected chi connectivity index (χ4v) is 4.13. The van der Waals surface area contributed by atoms with E-state index in [0.29, 0.717) is 35.0 Å². The van der Waals surface area contributed by atoms with Crippen LogP contribution >= 0.6 is 11.6 Å². The standard InChI is InChI=1S/C20H18ClN3O3/c1-12-10-17-22-16-6-9-23(11-15(16)18(25)24(17)27-12)19(26)20(7-8-20)13-2-4-14(21)5-3-13/h2-5,10H,6-9,11H2,1H3. The van der Waals surface area contributed by atoms with E-state index in [9.17, 15) is 9.59 Å². The van der Waals surface area contributed by atoms with Gasteiger partial charge in [0.1, 0.15) is 5.76 Å². The molecule has 1 amide bonds. The fourth-order valence-electron chi connectivity index (χ4n) is 4.00. The van der Waals surface area contributed by atoms with Gasteiger partial charge in [0.2, 0.25) is 5.91 Å². The van der Waals surface area contributed by atoms with Crippen molar-refractivity contribution in [2.24, 2.45) is 0 Å². The highest BCUT2D eigenvalue weighted by Gasteiger charge is 2.53. The Kier molecular flexibility index (Phi) is 3.49. The van der Waals surface area contributed by atoms with Crippen molar-refractivity contribution in [2.75, 3.05) is 6.54 Å². The molecule has 3 aromatic rings. The number of hydrogen-bond acceptors (Lipinski definition) is 4. The number of hydrogen-bond donors (Lipinski definition) is 0. The number of rotatable bonds is 2. The van der Waals surface area contributed by atoms with Gasteiger partial charge in [0.15, 0.2) is 5.65 Å². The molecule has 3 heterocycles. The third kappa shape index (κ3) is 2.51. The van der Waals surface area contributed by atoms with Gasteiger partial charge in [-0.05, 0) is 37.5 Å². The van der Waals surface area contributed by atoms with Crippen LogP contribution in [0, 0.1) is 6.92 Å². The number of carbonyl (C=O) groups excluding carboxylic acids is 1. The van der Waals surface area contributed by atoms with Gasteiger partial charge in [0.25, 0.3) is 5.56 Å². The van der Waals surface area contributed by atoms with E-state index in [2.05, 4.69) is 4.98 Å². The van der Waals surface area contributed by atoms with Crippen molar-refractivity contribution in [3.8, 4) is 0 Å². The molecule has 5 rings (SSSR count). The maximum absolute atomic E-state index is 13.3. The van der Waals surface area contributed by atoms with E-state index in [1.54, 1.807) is 17.9 Å². The normalized spacial score (nSPS) is 17.8. The zero-order chi connectivity index (χ0) is 18.8. The SMILES string of the molecule is Cc1cc2nc3c(c(=O)n2o1)CN(C(=O)C1(c2ccc(Cl)cc2)CC1)CC3. The first-order valence-corrected chi connectivity index (χ1v) is 9.43. The summed E-state index contributed by atoms with van der Waals surface area (Å²) in [5, 5.41) is 0.658. The van der Waals surface area contributed by atoms with Crippen LogP contribution < -0.4 is 5.56 Å². The maximum atomic E-state index is 13.3. The Morgan fingerprint density at radius 3 is 2.70 bits per heavy atom. The minimum absolute atomic E-state index is 0.0793. The minimum Gasteiger partial charge on any atom is -0.375 e. The lowest BCUT2D eigenvalue weighted by Crippen LogP contribution is -2.44. The highest BCUT2D eigenvalue weighted by atomic mass is 35.5. The van der Waals surface area contributed by atoms with Crippen molar-refractivity contribution < 1.29 is 9.32 Å². The Bertz CT molecular complexity index is 1130. The van der Waals surface area contributed by atoms with Crippen LogP contribution in [0.5, 0.6) is 0 Å². The first-order chi connectivity index (χ1) is 13.0. The molecule has 0 radical (unpaired) electrons. The van der Waals surface area contributed by atoms with E-state index in [4.69, 9.17) is 16.1 Å². The van der Waals surface area contributed by atoms with Crippen LogP contribution in [0.15, 0.2) is 39.6 Å². The molecule has 138 valence electrons. The number of aromatic nitrogens is 2. The molecule has 7 heteroatoms. The minimum atomic E-state index is -0.475. The van der Waals surface area contributed by atoms with E-state index in [0.717, 1.165) is 24.1 Å². The molecule has 1 saturated carbocycles. The summed E-state index contributed by atoms with van der Waals surface area (Å²) < 4.78 is 6.66. The Balaban J connectivity index is 1.48. The molecule has 1 aliphatic heterocycles. The third-order valence-electron chi connectivity index (χ3n) is 5.63. The van der Waals surface area contributed by atoms with E-state index >= 15 is 0 Å². The third-order valence-corrected chi connectivity index (χ3v) is 5.88. The van der Waals surface area contributed by atoms with Crippen LogP contribution in [0.25, 0.3) is 5.65 Å². The van der Waals surface area contributed by atoms with Gasteiger partial charge < -0.3 is 9.42 Å². The highest BCUT2D eigenvalue weighted by Crippen LogP contribution is 2.50. The first-order valence-electron chi connectivity index (χ1n) is 9.05. The Morgan fingerprint density at radius 2 is 2.00 bits per heavy atom. The fraction of sp³-hybridized carbons (Fsp3) is 0.350. The molecule has 0 saturated heterocycles. The summed E-state index contributed by atoms with van der Waals surface area (Å²) in [5.41, 5.74) is 2.13. The second-order valence-corrected chi connectivity index (χ2v) is 7.84. The molecule has 0 N–H and O–H groups in total. The molecule has 0 spiro atoms. The summed E-state index contributed by atoms with van der Waals surface area (Å²) in [7, 11) is 0.